The molecule has 0 spiro atoms. The van der Waals surface area contributed by atoms with E-state index < -0.39 is 0 Å². The summed E-state index contributed by atoms with van der Waals surface area (Å²) < 4.78 is 2.36. The largest absolute Gasteiger partial charge is 0.388 e. The van der Waals surface area contributed by atoms with E-state index in [2.05, 4.69) is 28.8 Å². The van der Waals surface area contributed by atoms with Crippen LogP contribution in [0.15, 0.2) is 12.3 Å². The minimum absolute atomic E-state index is 0.224. The first-order valence-corrected chi connectivity index (χ1v) is 7.82. The fourth-order valence-corrected chi connectivity index (χ4v) is 3.73. The molecule has 1 saturated carbocycles. The van der Waals surface area contributed by atoms with E-state index in [4.69, 9.17) is 0 Å². The smallest absolute Gasteiger partial charge is 0.0807 e. The summed E-state index contributed by atoms with van der Waals surface area (Å²) in [6, 6.07) is 2.92. The monoisotopic (exact) mass is 262 g/mol. The predicted molar refractivity (Wildman–Crippen MR) is 77.2 cm³/mol. The van der Waals surface area contributed by atoms with Gasteiger partial charge in [0.2, 0.25) is 0 Å². The Balaban J connectivity index is 1.61. The van der Waals surface area contributed by atoms with Crippen LogP contribution in [-0.4, -0.2) is 34.2 Å². The zero-order valence-electron chi connectivity index (χ0n) is 12.0. The maximum atomic E-state index is 10.0. The summed E-state index contributed by atoms with van der Waals surface area (Å²) in [4.78, 5) is 2.53. The first-order chi connectivity index (χ1) is 9.25. The van der Waals surface area contributed by atoms with Crippen molar-refractivity contribution in [3.63, 3.8) is 0 Å². The molecule has 1 N–H and O–H groups in total. The normalized spacial score (nSPS) is 24.1. The van der Waals surface area contributed by atoms with Gasteiger partial charge in [-0.3, -0.25) is 0 Å². The Bertz CT molecular complexity index is 420. The summed E-state index contributed by atoms with van der Waals surface area (Å²) in [5.74, 6) is 0. The lowest BCUT2D eigenvalue weighted by Gasteiger charge is -2.25. The molecule has 0 radical (unpaired) electrons. The molecule has 1 aromatic rings. The molecule has 1 aromatic heterocycles. The second-order valence-electron chi connectivity index (χ2n) is 6.24. The highest BCUT2D eigenvalue weighted by atomic mass is 16.3. The van der Waals surface area contributed by atoms with Gasteiger partial charge in [-0.05, 0) is 45.2 Å². The first-order valence-electron chi connectivity index (χ1n) is 7.82. The van der Waals surface area contributed by atoms with Crippen LogP contribution in [0.25, 0.3) is 0 Å². The molecular formula is C16H26N2O. The molecule has 1 heterocycles. The van der Waals surface area contributed by atoms with Crippen LogP contribution in [0.4, 0.5) is 0 Å². The number of rotatable bonds is 4. The maximum absolute atomic E-state index is 10.0. The van der Waals surface area contributed by atoms with Gasteiger partial charge in [-0.1, -0.05) is 12.8 Å². The van der Waals surface area contributed by atoms with Crippen molar-refractivity contribution in [2.45, 2.75) is 63.6 Å². The summed E-state index contributed by atoms with van der Waals surface area (Å²) in [6.45, 7) is 2.19. The van der Waals surface area contributed by atoms with Crippen LogP contribution in [0.1, 0.15) is 55.9 Å². The Morgan fingerprint density at radius 3 is 2.84 bits per heavy atom. The third-order valence-corrected chi connectivity index (χ3v) is 5.01. The molecule has 0 amide bonds. The SMILES string of the molecule is CN(CCn1ccc2c1CCCC2O)C1CCCC1. The number of hydrogen-bond donors (Lipinski definition) is 1. The van der Waals surface area contributed by atoms with Crippen LogP contribution in [0.3, 0.4) is 0 Å². The highest BCUT2D eigenvalue weighted by molar-refractivity contribution is 5.27. The van der Waals surface area contributed by atoms with Gasteiger partial charge in [0.15, 0.2) is 0 Å². The highest BCUT2D eigenvalue weighted by Gasteiger charge is 2.22. The molecule has 3 nitrogen and oxygen atoms in total. The van der Waals surface area contributed by atoms with Gasteiger partial charge < -0.3 is 14.6 Å². The molecule has 0 bridgehead atoms. The van der Waals surface area contributed by atoms with E-state index in [-0.39, 0.29) is 6.10 Å². The van der Waals surface area contributed by atoms with Crippen molar-refractivity contribution in [2.24, 2.45) is 0 Å². The Morgan fingerprint density at radius 2 is 2.05 bits per heavy atom. The Labute approximate surface area is 116 Å². The minimum atomic E-state index is -0.224. The number of hydrogen-bond acceptors (Lipinski definition) is 2. The fourth-order valence-electron chi connectivity index (χ4n) is 3.73. The number of aliphatic hydroxyl groups is 1. The van der Waals surface area contributed by atoms with E-state index in [0.717, 1.165) is 38.4 Å². The van der Waals surface area contributed by atoms with Gasteiger partial charge in [0.05, 0.1) is 6.10 Å². The molecule has 1 atom stereocenters. The zero-order chi connectivity index (χ0) is 13.2. The summed E-state index contributed by atoms with van der Waals surface area (Å²) in [5.41, 5.74) is 2.55. The average molecular weight is 262 g/mol. The topological polar surface area (TPSA) is 28.4 Å². The Hall–Kier alpha value is -0.800. The minimum Gasteiger partial charge on any atom is -0.388 e. The molecule has 0 aliphatic heterocycles. The van der Waals surface area contributed by atoms with Crippen molar-refractivity contribution in [2.75, 3.05) is 13.6 Å². The standard InChI is InChI=1S/C16H26N2O/c1-17(13-5-2-3-6-13)11-12-18-10-9-14-15(18)7-4-8-16(14)19/h9-10,13,16,19H,2-8,11-12H2,1H3. The van der Waals surface area contributed by atoms with E-state index in [1.54, 1.807) is 0 Å². The average Bonchev–Trinajstić information content (AvgIpc) is 3.06. The van der Waals surface area contributed by atoms with Gasteiger partial charge in [-0.2, -0.15) is 0 Å². The lowest BCUT2D eigenvalue weighted by atomic mass is 9.95. The van der Waals surface area contributed by atoms with Crippen molar-refractivity contribution >= 4 is 0 Å². The van der Waals surface area contributed by atoms with Gasteiger partial charge in [0.25, 0.3) is 0 Å². The lowest BCUT2D eigenvalue weighted by molar-refractivity contribution is 0.155. The molecule has 19 heavy (non-hydrogen) atoms. The maximum Gasteiger partial charge on any atom is 0.0807 e. The van der Waals surface area contributed by atoms with E-state index in [1.807, 2.05) is 0 Å². The number of nitrogens with zero attached hydrogens (tertiary/aromatic N) is 2. The Morgan fingerprint density at radius 1 is 1.26 bits per heavy atom. The predicted octanol–water partition coefficient (Wildman–Crippen LogP) is 2.73. The van der Waals surface area contributed by atoms with Crippen molar-refractivity contribution in [3.8, 4) is 0 Å². The van der Waals surface area contributed by atoms with Crippen LogP contribution >= 0.6 is 0 Å². The van der Waals surface area contributed by atoms with E-state index in [0.29, 0.717) is 0 Å². The van der Waals surface area contributed by atoms with Crippen molar-refractivity contribution in [1.82, 2.24) is 9.47 Å². The van der Waals surface area contributed by atoms with Crippen LogP contribution in [0.2, 0.25) is 0 Å². The van der Waals surface area contributed by atoms with Crippen LogP contribution in [-0.2, 0) is 13.0 Å². The van der Waals surface area contributed by atoms with Gasteiger partial charge in [0.1, 0.15) is 0 Å². The molecule has 0 saturated heterocycles. The number of fused-ring (bicyclic) bond motifs is 1. The molecule has 2 aliphatic carbocycles. The summed E-state index contributed by atoms with van der Waals surface area (Å²) in [6.07, 6.45) is 10.7. The third-order valence-electron chi connectivity index (χ3n) is 5.01. The molecule has 3 heteroatoms. The number of aromatic nitrogens is 1. The van der Waals surface area contributed by atoms with Crippen molar-refractivity contribution in [3.05, 3.63) is 23.5 Å². The summed E-state index contributed by atoms with van der Waals surface area (Å²) in [5, 5.41) is 10.0. The number of aliphatic hydroxyl groups excluding tert-OH is 1. The molecule has 0 aromatic carbocycles. The molecular weight excluding hydrogens is 236 g/mol. The molecule has 106 valence electrons. The van der Waals surface area contributed by atoms with Crippen LogP contribution < -0.4 is 0 Å². The molecule has 3 rings (SSSR count). The van der Waals surface area contributed by atoms with Crippen molar-refractivity contribution in [1.29, 1.82) is 0 Å². The van der Waals surface area contributed by atoms with Crippen LogP contribution in [0, 0.1) is 0 Å². The zero-order valence-corrected chi connectivity index (χ0v) is 12.0. The summed E-state index contributed by atoms with van der Waals surface area (Å²) in [7, 11) is 2.26. The third kappa shape index (κ3) is 2.72. The van der Waals surface area contributed by atoms with E-state index >= 15 is 0 Å². The van der Waals surface area contributed by atoms with Crippen LogP contribution in [0.5, 0.6) is 0 Å². The highest BCUT2D eigenvalue weighted by Crippen LogP contribution is 2.30. The molecule has 1 unspecified atom stereocenters. The fraction of sp³-hybridized carbons (Fsp3) is 0.750. The van der Waals surface area contributed by atoms with E-state index in [9.17, 15) is 5.11 Å². The number of likely N-dealkylation sites (N-methyl/N-ethyl adjacent to an activating group) is 1. The molecule has 1 fully saturated rings. The van der Waals surface area contributed by atoms with Gasteiger partial charge in [0, 0.05) is 36.6 Å². The van der Waals surface area contributed by atoms with Gasteiger partial charge >= 0.3 is 0 Å². The second-order valence-corrected chi connectivity index (χ2v) is 6.24. The van der Waals surface area contributed by atoms with Gasteiger partial charge in [-0.15, -0.1) is 0 Å². The lowest BCUT2D eigenvalue weighted by Crippen LogP contribution is -2.32. The van der Waals surface area contributed by atoms with E-state index in [1.165, 1.54) is 36.9 Å². The van der Waals surface area contributed by atoms with Gasteiger partial charge in [-0.25, -0.2) is 0 Å². The first kappa shape index (κ1) is 13.2. The molecule has 2 aliphatic rings. The second kappa shape index (κ2) is 5.68. The Kier molecular flexibility index (Phi) is 3.94. The van der Waals surface area contributed by atoms with Crippen molar-refractivity contribution < 1.29 is 5.11 Å². The quantitative estimate of drug-likeness (QED) is 0.903. The summed E-state index contributed by atoms with van der Waals surface area (Å²) >= 11 is 0.